The molecule has 2 aromatic heterocycles. The van der Waals surface area contributed by atoms with Gasteiger partial charge >= 0.3 is 0 Å². The van der Waals surface area contributed by atoms with Gasteiger partial charge in [-0.3, -0.25) is 14.2 Å². The quantitative estimate of drug-likeness (QED) is 0.429. The highest BCUT2D eigenvalue weighted by molar-refractivity contribution is 7.17. The Bertz CT molecular complexity index is 1340. The van der Waals surface area contributed by atoms with Crippen LogP contribution in [0.1, 0.15) is 5.56 Å². The molecule has 33 heavy (non-hydrogen) atoms. The van der Waals surface area contributed by atoms with E-state index in [4.69, 9.17) is 14.2 Å². The van der Waals surface area contributed by atoms with E-state index >= 15 is 0 Å². The highest BCUT2D eigenvalue weighted by Crippen LogP contribution is 2.32. The molecule has 0 atom stereocenters. The predicted octanol–water partition coefficient (Wildman–Crippen LogP) is 3.47. The third kappa shape index (κ3) is 4.54. The third-order valence-electron chi connectivity index (χ3n) is 5.22. The number of carbonyl (C=O) groups excluding carboxylic acids is 1. The fourth-order valence-corrected chi connectivity index (χ4v) is 4.50. The zero-order valence-corrected chi connectivity index (χ0v) is 19.3. The van der Waals surface area contributed by atoms with Gasteiger partial charge in [0, 0.05) is 23.1 Å². The van der Waals surface area contributed by atoms with Crippen molar-refractivity contribution in [3.05, 3.63) is 70.1 Å². The van der Waals surface area contributed by atoms with Gasteiger partial charge in [-0.2, -0.15) is 0 Å². The van der Waals surface area contributed by atoms with E-state index in [-0.39, 0.29) is 24.6 Å². The van der Waals surface area contributed by atoms with Gasteiger partial charge in [-0.05, 0) is 23.8 Å². The van der Waals surface area contributed by atoms with Crippen molar-refractivity contribution in [1.29, 1.82) is 0 Å². The molecule has 1 N–H and O–H groups in total. The summed E-state index contributed by atoms with van der Waals surface area (Å²) >= 11 is 1.32. The number of nitrogens with zero attached hydrogens (tertiary/aromatic N) is 2. The number of para-hydroxylation sites is 1. The van der Waals surface area contributed by atoms with Gasteiger partial charge in [0.2, 0.25) is 5.91 Å². The van der Waals surface area contributed by atoms with Crippen LogP contribution in [0.25, 0.3) is 21.3 Å². The van der Waals surface area contributed by atoms with Crippen LogP contribution >= 0.6 is 11.3 Å². The van der Waals surface area contributed by atoms with Crippen LogP contribution in [0.5, 0.6) is 17.2 Å². The van der Waals surface area contributed by atoms with E-state index < -0.39 is 0 Å². The topological polar surface area (TPSA) is 91.7 Å². The molecule has 0 spiro atoms. The van der Waals surface area contributed by atoms with Crippen LogP contribution < -0.4 is 25.1 Å². The number of hydrogen-bond donors (Lipinski definition) is 1. The lowest BCUT2D eigenvalue weighted by Gasteiger charge is -2.13. The maximum absolute atomic E-state index is 13.0. The molecule has 4 rings (SSSR count). The largest absolute Gasteiger partial charge is 0.497 e. The summed E-state index contributed by atoms with van der Waals surface area (Å²) in [4.78, 5) is 30.0. The Hall–Kier alpha value is -3.85. The van der Waals surface area contributed by atoms with Crippen molar-refractivity contribution in [3.63, 3.8) is 0 Å². The number of aromatic nitrogens is 2. The van der Waals surface area contributed by atoms with Crippen molar-refractivity contribution in [2.75, 3.05) is 21.3 Å². The van der Waals surface area contributed by atoms with Crippen molar-refractivity contribution < 1.29 is 19.0 Å². The van der Waals surface area contributed by atoms with E-state index in [1.165, 1.54) is 22.2 Å². The Kier molecular flexibility index (Phi) is 6.60. The molecule has 0 saturated carbocycles. The molecule has 4 aromatic rings. The van der Waals surface area contributed by atoms with Gasteiger partial charge in [0.1, 0.15) is 17.0 Å². The maximum Gasteiger partial charge on any atom is 0.271 e. The van der Waals surface area contributed by atoms with E-state index in [2.05, 4.69) is 10.3 Å². The van der Waals surface area contributed by atoms with E-state index in [0.717, 1.165) is 22.4 Å². The van der Waals surface area contributed by atoms with Gasteiger partial charge in [-0.15, -0.1) is 11.3 Å². The summed E-state index contributed by atoms with van der Waals surface area (Å²) in [5, 5.41) is 4.72. The molecule has 0 bridgehead atoms. The Morgan fingerprint density at radius 1 is 1.06 bits per heavy atom. The van der Waals surface area contributed by atoms with Gasteiger partial charge in [0.25, 0.3) is 5.56 Å². The van der Waals surface area contributed by atoms with E-state index in [9.17, 15) is 9.59 Å². The summed E-state index contributed by atoms with van der Waals surface area (Å²) in [6.07, 6.45) is 1.41. The normalized spacial score (nSPS) is 10.8. The van der Waals surface area contributed by atoms with Gasteiger partial charge in [0.15, 0.2) is 11.5 Å². The Balaban J connectivity index is 1.51. The number of hydrogen-bond acceptors (Lipinski definition) is 7. The lowest BCUT2D eigenvalue weighted by atomic mass is 10.1. The molecule has 0 aliphatic rings. The minimum atomic E-state index is -0.310. The summed E-state index contributed by atoms with van der Waals surface area (Å²) in [5.41, 5.74) is 2.95. The maximum atomic E-state index is 13.0. The standard InChI is InChI=1S/C24H23N3O5S/c1-30-17-9-7-15(8-10-17)18-13-33-23-21(18)26-14-27(24(23)29)12-20(28)25-11-16-5-4-6-19(31-2)22(16)32-3/h4-10,13-14H,11-12H2,1-3H3,(H,25,28). The van der Waals surface area contributed by atoms with Crippen LogP contribution in [0.2, 0.25) is 0 Å². The average Bonchev–Trinajstić information content (AvgIpc) is 3.29. The molecular formula is C24H23N3O5S. The number of methoxy groups -OCH3 is 3. The van der Waals surface area contributed by atoms with Crippen LogP contribution in [0, 0.1) is 0 Å². The first-order valence-corrected chi connectivity index (χ1v) is 11.0. The van der Waals surface area contributed by atoms with Crippen molar-refractivity contribution in [1.82, 2.24) is 14.9 Å². The molecular weight excluding hydrogens is 442 g/mol. The lowest BCUT2D eigenvalue weighted by molar-refractivity contribution is -0.121. The number of benzene rings is 2. The first-order valence-electron chi connectivity index (χ1n) is 10.1. The smallest absolute Gasteiger partial charge is 0.271 e. The fourth-order valence-electron chi connectivity index (χ4n) is 3.53. The molecule has 0 unspecified atom stereocenters. The van der Waals surface area contributed by atoms with Gasteiger partial charge in [-0.1, -0.05) is 24.3 Å². The molecule has 2 aromatic carbocycles. The summed E-state index contributed by atoms with van der Waals surface area (Å²) in [5.74, 6) is 1.59. The SMILES string of the molecule is COc1ccc(-c2csc3c(=O)n(CC(=O)NCc4cccc(OC)c4OC)cnc23)cc1. The number of ether oxygens (including phenoxy) is 3. The zero-order chi connectivity index (χ0) is 23.4. The molecule has 0 radical (unpaired) electrons. The molecule has 2 heterocycles. The molecule has 0 fully saturated rings. The molecule has 9 heteroatoms. The monoisotopic (exact) mass is 465 g/mol. The van der Waals surface area contributed by atoms with Crippen molar-refractivity contribution >= 4 is 27.5 Å². The minimum Gasteiger partial charge on any atom is -0.497 e. The van der Waals surface area contributed by atoms with Crippen LogP contribution in [-0.2, 0) is 17.9 Å². The summed E-state index contributed by atoms with van der Waals surface area (Å²) in [6, 6.07) is 13.0. The molecule has 1 amide bonds. The third-order valence-corrected chi connectivity index (χ3v) is 6.18. The molecule has 0 aliphatic carbocycles. The number of rotatable bonds is 8. The number of carbonyl (C=O) groups is 1. The molecule has 0 aliphatic heterocycles. The van der Waals surface area contributed by atoms with E-state index in [0.29, 0.717) is 21.7 Å². The van der Waals surface area contributed by atoms with Crippen LogP contribution in [0.3, 0.4) is 0 Å². The van der Waals surface area contributed by atoms with E-state index in [1.54, 1.807) is 27.4 Å². The first-order chi connectivity index (χ1) is 16.0. The fraction of sp³-hybridized carbons (Fsp3) is 0.208. The van der Waals surface area contributed by atoms with Gasteiger partial charge in [0.05, 0.1) is 33.2 Å². The Labute approximate surface area is 194 Å². The average molecular weight is 466 g/mol. The predicted molar refractivity (Wildman–Crippen MR) is 127 cm³/mol. The Morgan fingerprint density at radius 2 is 1.85 bits per heavy atom. The van der Waals surface area contributed by atoms with Crippen LogP contribution in [0.4, 0.5) is 0 Å². The number of fused-ring (bicyclic) bond motifs is 1. The lowest BCUT2D eigenvalue weighted by Crippen LogP contribution is -2.32. The van der Waals surface area contributed by atoms with Crippen LogP contribution in [0.15, 0.2) is 59.0 Å². The van der Waals surface area contributed by atoms with Crippen LogP contribution in [-0.4, -0.2) is 36.8 Å². The number of nitrogens with one attached hydrogen (secondary N) is 1. The minimum absolute atomic E-state index is 0.135. The summed E-state index contributed by atoms with van der Waals surface area (Å²) < 4.78 is 17.7. The summed E-state index contributed by atoms with van der Waals surface area (Å²) in [7, 11) is 4.72. The number of thiophene rings is 1. The van der Waals surface area contributed by atoms with Crippen molar-refractivity contribution in [3.8, 4) is 28.4 Å². The highest BCUT2D eigenvalue weighted by atomic mass is 32.1. The Morgan fingerprint density at radius 3 is 2.55 bits per heavy atom. The molecule has 170 valence electrons. The second-order valence-electron chi connectivity index (χ2n) is 7.16. The molecule has 8 nitrogen and oxygen atoms in total. The zero-order valence-electron chi connectivity index (χ0n) is 18.5. The number of amides is 1. The highest BCUT2D eigenvalue weighted by Gasteiger charge is 2.15. The second kappa shape index (κ2) is 9.74. The van der Waals surface area contributed by atoms with Gasteiger partial charge < -0.3 is 19.5 Å². The van der Waals surface area contributed by atoms with Gasteiger partial charge in [-0.25, -0.2) is 4.98 Å². The first kappa shape index (κ1) is 22.3. The second-order valence-corrected chi connectivity index (χ2v) is 8.04. The van der Waals surface area contributed by atoms with Crippen molar-refractivity contribution in [2.45, 2.75) is 13.1 Å². The van der Waals surface area contributed by atoms with E-state index in [1.807, 2.05) is 41.8 Å². The molecule has 0 saturated heterocycles. The summed E-state index contributed by atoms with van der Waals surface area (Å²) in [6.45, 7) is 0.105. The van der Waals surface area contributed by atoms with Crippen molar-refractivity contribution in [2.24, 2.45) is 0 Å².